The summed E-state index contributed by atoms with van der Waals surface area (Å²) < 4.78 is 7.78. The predicted molar refractivity (Wildman–Crippen MR) is 81.1 cm³/mol. The molecule has 0 aliphatic rings. The predicted octanol–water partition coefficient (Wildman–Crippen LogP) is 3.28. The number of hydrogen-bond acceptors (Lipinski definition) is 3. The third-order valence-electron chi connectivity index (χ3n) is 3.09. The van der Waals surface area contributed by atoms with Gasteiger partial charge >= 0.3 is 0 Å². The molecular weight excluding hydrogens is 250 g/mol. The lowest BCUT2D eigenvalue weighted by Crippen LogP contribution is -2.17. The summed E-state index contributed by atoms with van der Waals surface area (Å²) in [5, 5.41) is 4.26. The van der Waals surface area contributed by atoms with E-state index in [4.69, 9.17) is 10.5 Å². The van der Waals surface area contributed by atoms with Crippen LogP contribution in [0.5, 0.6) is 11.5 Å². The second kappa shape index (κ2) is 6.57. The van der Waals surface area contributed by atoms with E-state index in [1.807, 2.05) is 23.9 Å². The maximum absolute atomic E-state index is 5.88. The first kappa shape index (κ1) is 14.6. The van der Waals surface area contributed by atoms with Gasteiger partial charge < -0.3 is 10.5 Å². The van der Waals surface area contributed by atoms with Gasteiger partial charge in [0.25, 0.3) is 0 Å². The van der Waals surface area contributed by atoms with Crippen molar-refractivity contribution in [2.24, 2.45) is 5.73 Å². The molecule has 1 aromatic carbocycles. The highest BCUT2D eigenvalue weighted by Gasteiger charge is 2.06. The summed E-state index contributed by atoms with van der Waals surface area (Å²) in [6.07, 6.45) is 5.63. The molecule has 4 heteroatoms. The van der Waals surface area contributed by atoms with Crippen LogP contribution in [-0.4, -0.2) is 15.8 Å². The Hall–Kier alpha value is -1.81. The number of rotatable bonds is 6. The fourth-order valence-corrected chi connectivity index (χ4v) is 2.20. The summed E-state index contributed by atoms with van der Waals surface area (Å²) >= 11 is 0. The Morgan fingerprint density at radius 3 is 2.85 bits per heavy atom. The van der Waals surface area contributed by atoms with E-state index in [1.165, 1.54) is 5.56 Å². The number of aryl methyl sites for hydroxylation is 2. The second-order valence-electron chi connectivity index (χ2n) is 5.32. The van der Waals surface area contributed by atoms with E-state index < -0.39 is 0 Å². The van der Waals surface area contributed by atoms with Crippen molar-refractivity contribution in [2.45, 2.75) is 46.2 Å². The van der Waals surface area contributed by atoms with Crippen molar-refractivity contribution >= 4 is 0 Å². The van der Waals surface area contributed by atoms with Crippen LogP contribution in [-0.2, 0) is 13.0 Å². The Labute approximate surface area is 120 Å². The highest BCUT2D eigenvalue weighted by atomic mass is 16.5. The van der Waals surface area contributed by atoms with Gasteiger partial charge in [0, 0.05) is 12.6 Å². The van der Waals surface area contributed by atoms with Gasteiger partial charge in [-0.3, -0.25) is 4.68 Å². The molecule has 2 aromatic rings. The van der Waals surface area contributed by atoms with E-state index in [0.29, 0.717) is 0 Å². The van der Waals surface area contributed by atoms with Crippen LogP contribution in [0.4, 0.5) is 0 Å². The molecule has 0 aliphatic carbocycles. The van der Waals surface area contributed by atoms with Gasteiger partial charge in [0.05, 0.1) is 12.4 Å². The van der Waals surface area contributed by atoms with Gasteiger partial charge in [0.2, 0.25) is 0 Å². The number of nitrogens with two attached hydrogens (primary N) is 1. The minimum Gasteiger partial charge on any atom is -0.454 e. The zero-order valence-electron chi connectivity index (χ0n) is 12.5. The van der Waals surface area contributed by atoms with Crippen LogP contribution in [0, 0.1) is 6.92 Å². The molecule has 0 saturated heterocycles. The summed E-state index contributed by atoms with van der Waals surface area (Å²) in [4.78, 5) is 0. The fourth-order valence-electron chi connectivity index (χ4n) is 2.20. The largest absolute Gasteiger partial charge is 0.454 e. The van der Waals surface area contributed by atoms with E-state index >= 15 is 0 Å². The highest BCUT2D eigenvalue weighted by molar-refractivity contribution is 5.39. The Bertz CT molecular complexity index is 561. The van der Waals surface area contributed by atoms with Crippen LogP contribution in [0.25, 0.3) is 0 Å². The summed E-state index contributed by atoms with van der Waals surface area (Å²) in [5.41, 5.74) is 8.18. The molecule has 0 bridgehead atoms. The van der Waals surface area contributed by atoms with Crippen LogP contribution in [0.2, 0.25) is 0 Å². The first-order chi connectivity index (χ1) is 9.58. The summed E-state index contributed by atoms with van der Waals surface area (Å²) in [5.74, 6) is 1.65. The molecule has 1 atom stereocenters. The Morgan fingerprint density at radius 1 is 1.40 bits per heavy atom. The number of nitrogens with zero attached hydrogens (tertiary/aromatic N) is 2. The molecule has 0 fully saturated rings. The maximum atomic E-state index is 5.88. The minimum absolute atomic E-state index is 0.174. The zero-order chi connectivity index (χ0) is 14.5. The van der Waals surface area contributed by atoms with Gasteiger partial charge in [-0.15, -0.1) is 0 Å². The average molecular weight is 273 g/mol. The molecule has 0 radical (unpaired) electrons. The van der Waals surface area contributed by atoms with Crippen LogP contribution >= 0.6 is 0 Å². The van der Waals surface area contributed by atoms with Crippen LogP contribution < -0.4 is 10.5 Å². The molecule has 1 heterocycles. The van der Waals surface area contributed by atoms with Crippen molar-refractivity contribution in [2.75, 3.05) is 0 Å². The monoisotopic (exact) mass is 273 g/mol. The standard InChI is InChI=1S/C16H23N3O/c1-4-7-19-11-15(10-18-19)20-16-6-5-14(8-12(16)2)9-13(3)17/h5-6,8,10-11,13H,4,7,9,17H2,1-3H3. The van der Waals surface area contributed by atoms with Gasteiger partial charge in [-0.1, -0.05) is 19.1 Å². The third kappa shape index (κ3) is 3.84. The van der Waals surface area contributed by atoms with Crippen LogP contribution in [0.1, 0.15) is 31.4 Å². The van der Waals surface area contributed by atoms with Crippen LogP contribution in [0.3, 0.4) is 0 Å². The zero-order valence-corrected chi connectivity index (χ0v) is 12.5. The Balaban J connectivity index is 2.08. The molecule has 0 aliphatic heterocycles. The van der Waals surface area contributed by atoms with Crippen molar-refractivity contribution in [3.05, 3.63) is 41.7 Å². The number of hydrogen-bond donors (Lipinski definition) is 1. The van der Waals surface area contributed by atoms with Crippen molar-refractivity contribution in [3.8, 4) is 11.5 Å². The molecule has 20 heavy (non-hydrogen) atoms. The Morgan fingerprint density at radius 2 is 2.20 bits per heavy atom. The lowest BCUT2D eigenvalue weighted by Gasteiger charge is -2.10. The fraction of sp³-hybridized carbons (Fsp3) is 0.438. The molecular formula is C16H23N3O. The lowest BCUT2D eigenvalue weighted by molar-refractivity contribution is 0.476. The van der Waals surface area contributed by atoms with Crippen molar-refractivity contribution in [1.82, 2.24) is 9.78 Å². The molecule has 0 amide bonds. The molecule has 4 nitrogen and oxygen atoms in total. The van der Waals surface area contributed by atoms with Gasteiger partial charge in [-0.25, -0.2) is 0 Å². The topological polar surface area (TPSA) is 53.1 Å². The van der Waals surface area contributed by atoms with Gasteiger partial charge in [-0.2, -0.15) is 5.10 Å². The molecule has 0 spiro atoms. The van der Waals surface area contributed by atoms with Gasteiger partial charge in [-0.05, 0) is 43.9 Å². The van der Waals surface area contributed by atoms with E-state index in [-0.39, 0.29) is 6.04 Å². The molecule has 1 aromatic heterocycles. The molecule has 2 rings (SSSR count). The first-order valence-corrected chi connectivity index (χ1v) is 7.14. The van der Waals surface area contributed by atoms with E-state index in [1.54, 1.807) is 6.20 Å². The van der Waals surface area contributed by atoms with Crippen LogP contribution in [0.15, 0.2) is 30.6 Å². The van der Waals surface area contributed by atoms with E-state index in [0.717, 1.165) is 36.4 Å². The van der Waals surface area contributed by atoms with Crippen molar-refractivity contribution in [1.29, 1.82) is 0 Å². The number of benzene rings is 1. The van der Waals surface area contributed by atoms with Gasteiger partial charge in [0.1, 0.15) is 5.75 Å². The molecule has 2 N–H and O–H groups in total. The SMILES string of the molecule is CCCn1cc(Oc2ccc(CC(C)N)cc2C)cn1. The molecule has 0 saturated carbocycles. The van der Waals surface area contributed by atoms with E-state index in [9.17, 15) is 0 Å². The quantitative estimate of drug-likeness (QED) is 0.878. The summed E-state index contributed by atoms with van der Waals surface area (Å²) in [6, 6.07) is 6.38. The van der Waals surface area contributed by atoms with Crippen molar-refractivity contribution < 1.29 is 4.74 Å². The smallest absolute Gasteiger partial charge is 0.165 e. The number of aromatic nitrogens is 2. The average Bonchev–Trinajstić information content (AvgIpc) is 2.80. The van der Waals surface area contributed by atoms with Crippen molar-refractivity contribution in [3.63, 3.8) is 0 Å². The lowest BCUT2D eigenvalue weighted by atomic mass is 10.0. The second-order valence-corrected chi connectivity index (χ2v) is 5.32. The normalized spacial score (nSPS) is 12.4. The minimum atomic E-state index is 0.174. The summed E-state index contributed by atoms with van der Waals surface area (Å²) in [7, 11) is 0. The molecule has 108 valence electrons. The third-order valence-corrected chi connectivity index (χ3v) is 3.09. The molecule has 1 unspecified atom stereocenters. The first-order valence-electron chi connectivity index (χ1n) is 7.14. The number of ether oxygens (including phenoxy) is 1. The Kier molecular flexibility index (Phi) is 4.79. The van der Waals surface area contributed by atoms with Gasteiger partial charge in [0.15, 0.2) is 5.75 Å². The highest BCUT2D eigenvalue weighted by Crippen LogP contribution is 2.25. The summed E-state index contributed by atoms with van der Waals surface area (Å²) in [6.45, 7) is 7.11. The maximum Gasteiger partial charge on any atom is 0.165 e. The van der Waals surface area contributed by atoms with E-state index in [2.05, 4.69) is 31.1 Å².